The average molecular weight is 651 g/mol. The smallest absolute Gasteiger partial charge is 0.238 e. The van der Waals surface area contributed by atoms with Gasteiger partial charge in [-0.15, -0.1) is 0 Å². The van der Waals surface area contributed by atoms with Gasteiger partial charge in [-0.2, -0.15) is 4.98 Å². The zero-order valence-electron chi connectivity index (χ0n) is 27.2. The Morgan fingerprint density at radius 3 is 1.92 bits per heavy atom. The highest BCUT2D eigenvalue weighted by atomic mass is 16.3. The Morgan fingerprint density at radius 2 is 1.06 bits per heavy atom. The summed E-state index contributed by atoms with van der Waals surface area (Å²) >= 11 is 0. The first-order chi connectivity index (χ1) is 25.3. The van der Waals surface area contributed by atoms with Crippen LogP contribution in [0.4, 0.5) is 0 Å². The van der Waals surface area contributed by atoms with Crippen molar-refractivity contribution in [3.05, 3.63) is 158 Å². The molecule has 4 aromatic heterocycles. The van der Waals surface area contributed by atoms with E-state index in [9.17, 15) is 0 Å². The third-order valence-corrected chi connectivity index (χ3v) is 10.7. The molecule has 1 aliphatic rings. The lowest BCUT2D eigenvalue weighted by Crippen LogP contribution is -2.02. The minimum atomic E-state index is 0.575. The van der Waals surface area contributed by atoms with Gasteiger partial charge in [0.15, 0.2) is 0 Å². The van der Waals surface area contributed by atoms with Crippen LogP contribution in [-0.4, -0.2) is 19.1 Å². The van der Waals surface area contributed by atoms with Crippen LogP contribution in [0.3, 0.4) is 0 Å². The second-order valence-corrected chi connectivity index (χ2v) is 13.4. The van der Waals surface area contributed by atoms with Gasteiger partial charge in [-0.25, -0.2) is 4.98 Å². The van der Waals surface area contributed by atoms with Crippen LogP contribution in [-0.2, 0) is 0 Å². The van der Waals surface area contributed by atoms with Crippen molar-refractivity contribution >= 4 is 65.7 Å². The summed E-state index contributed by atoms with van der Waals surface area (Å²) in [4.78, 5) is 10.6. The highest BCUT2D eigenvalue weighted by Crippen LogP contribution is 2.48. The van der Waals surface area contributed by atoms with Crippen LogP contribution >= 0.6 is 0 Å². The molecule has 0 atom stereocenters. The van der Waals surface area contributed by atoms with Gasteiger partial charge in [0, 0.05) is 43.6 Å². The number of furan rings is 1. The lowest BCUT2D eigenvalue weighted by atomic mass is 9.94. The van der Waals surface area contributed by atoms with Crippen molar-refractivity contribution in [2.24, 2.45) is 0 Å². The molecule has 0 saturated carbocycles. The molecular formula is C46H26N4O. The Balaban J connectivity index is 1.23. The summed E-state index contributed by atoms with van der Waals surface area (Å²) < 4.78 is 11.1. The van der Waals surface area contributed by atoms with Gasteiger partial charge in [0.25, 0.3) is 0 Å². The number of fused-ring (bicyclic) bond motifs is 14. The van der Waals surface area contributed by atoms with Crippen LogP contribution in [0.15, 0.2) is 162 Å². The van der Waals surface area contributed by atoms with Crippen LogP contribution in [0.2, 0.25) is 0 Å². The summed E-state index contributed by atoms with van der Waals surface area (Å²) in [7, 11) is 0. The maximum Gasteiger partial charge on any atom is 0.238 e. The Hall–Kier alpha value is -6.98. The van der Waals surface area contributed by atoms with Crippen LogP contribution in [0.25, 0.3) is 111 Å². The second kappa shape index (κ2) is 9.80. The van der Waals surface area contributed by atoms with E-state index >= 15 is 0 Å². The van der Waals surface area contributed by atoms with Crippen molar-refractivity contribution in [1.82, 2.24) is 19.1 Å². The molecular weight excluding hydrogens is 625 g/mol. The normalized spacial score (nSPS) is 12.3. The number of benzene rings is 7. The van der Waals surface area contributed by atoms with Gasteiger partial charge < -0.3 is 8.98 Å². The topological polar surface area (TPSA) is 48.8 Å². The molecule has 0 fully saturated rings. The molecule has 12 rings (SSSR count). The van der Waals surface area contributed by atoms with Crippen LogP contribution in [0.5, 0.6) is 0 Å². The van der Waals surface area contributed by atoms with Crippen molar-refractivity contribution in [2.45, 2.75) is 0 Å². The molecule has 7 aromatic carbocycles. The lowest BCUT2D eigenvalue weighted by Gasteiger charge is -2.12. The summed E-state index contributed by atoms with van der Waals surface area (Å²) in [5.41, 5.74) is 13.9. The quantitative estimate of drug-likeness (QED) is 0.187. The molecule has 5 heterocycles. The molecule has 0 aliphatic carbocycles. The monoisotopic (exact) mass is 650 g/mol. The molecule has 11 aromatic rings. The van der Waals surface area contributed by atoms with Gasteiger partial charge in [-0.3, -0.25) is 4.57 Å². The van der Waals surface area contributed by atoms with E-state index in [2.05, 4.69) is 143 Å². The average Bonchev–Trinajstić information content (AvgIpc) is 3.81. The minimum Gasteiger partial charge on any atom is -0.437 e. The van der Waals surface area contributed by atoms with Crippen LogP contribution in [0.1, 0.15) is 0 Å². The van der Waals surface area contributed by atoms with Gasteiger partial charge in [0.1, 0.15) is 5.58 Å². The Bertz CT molecular complexity index is 3250. The first-order valence-corrected chi connectivity index (χ1v) is 17.3. The van der Waals surface area contributed by atoms with Crippen molar-refractivity contribution in [3.8, 4) is 45.1 Å². The van der Waals surface area contributed by atoms with E-state index < -0.39 is 0 Å². The number of hydrogen-bond acceptors (Lipinski definition) is 3. The van der Waals surface area contributed by atoms with E-state index in [0.29, 0.717) is 11.7 Å². The molecule has 0 spiro atoms. The maximum atomic E-state index is 6.45. The molecule has 0 bridgehead atoms. The van der Waals surface area contributed by atoms with Crippen molar-refractivity contribution < 1.29 is 4.42 Å². The van der Waals surface area contributed by atoms with Crippen molar-refractivity contribution in [2.75, 3.05) is 0 Å². The number of nitrogens with zero attached hydrogens (tertiary/aromatic N) is 4. The SMILES string of the molecule is c1ccc(-c2nc(-n3c4ccccc4c4cc5c(cc43)c3cccc4c3n5-c3ccccc3-c3ccccc3-4)nc3oc4ccccc4c23)cc1. The summed E-state index contributed by atoms with van der Waals surface area (Å²) in [6.07, 6.45) is 0. The van der Waals surface area contributed by atoms with E-state index in [-0.39, 0.29) is 0 Å². The van der Waals surface area contributed by atoms with Gasteiger partial charge in [-0.05, 0) is 41.5 Å². The number of rotatable bonds is 2. The van der Waals surface area contributed by atoms with E-state index in [1.54, 1.807) is 0 Å². The van der Waals surface area contributed by atoms with Gasteiger partial charge in [-0.1, -0.05) is 127 Å². The summed E-state index contributed by atoms with van der Waals surface area (Å²) in [6, 6.07) is 56.1. The van der Waals surface area contributed by atoms with E-state index in [4.69, 9.17) is 14.4 Å². The Labute approximate surface area is 291 Å². The van der Waals surface area contributed by atoms with E-state index in [1.165, 1.54) is 49.7 Å². The fourth-order valence-corrected chi connectivity index (χ4v) is 8.58. The second-order valence-electron chi connectivity index (χ2n) is 13.4. The van der Waals surface area contributed by atoms with Crippen molar-refractivity contribution in [1.29, 1.82) is 0 Å². The maximum absolute atomic E-state index is 6.45. The molecule has 0 radical (unpaired) electrons. The summed E-state index contributed by atoms with van der Waals surface area (Å²) in [5.74, 6) is 0.579. The number of aromatic nitrogens is 4. The molecule has 0 unspecified atom stereocenters. The zero-order valence-corrected chi connectivity index (χ0v) is 27.2. The van der Waals surface area contributed by atoms with Crippen LogP contribution in [0, 0.1) is 0 Å². The number of hydrogen-bond donors (Lipinski definition) is 0. The van der Waals surface area contributed by atoms with Gasteiger partial charge in [0.05, 0.1) is 38.8 Å². The predicted molar refractivity (Wildman–Crippen MR) is 208 cm³/mol. The first-order valence-electron chi connectivity index (χ1n) is 17.3. The minimum absolute atomic E-state index is 0.575. The lowest BCUT2D eigenvalue weighted by molar-refractivity contribution is 0.651. The molecule has 5 nitrogen and oxygen atoms in total. The largest absolute Gasteiger partial charge is 0.437 e. The van der Waals surface area contributed by atoms with E-state index in [0.717, 1.165) is 49.4 Å². The molecule has 0 N–H and O–H groups in total. The molecule has 236 valence electrons. The molecule has 5 heteroatoms. The molecule has 0 amide bonds. The fourth-order valence-electron chi connectivity index (χ4n) is 8.58. The fraction of sp³-hybridized carbons (Fsp3) is 0. The summed E-state index contributed by atoms with van der Waals surface area (Å²) in [6.45, 7) is 0. The standard InChI is InChI=1S/C46H26N4O/c1-2-13-27(14-3-1)43-42-34-19-8-11-24-41(34)51-45(42)48-46(47-43)50-38-23-10-7-18-31(38)35-25-39-36(26-40(35)50)33-21-12-20-32-29-16-5-4-15-28(29)30-17-6-9-22-37(30)49(39)44(32)33/h1-26H. The first kappa shape index (κ1) is 26.9. The third kappa shape index (κ3) is 3.54. The highest BCUT2D eigenvalue weighted by molar-refractivity contribution is 6.22. The molecule has 1 aliphatic heterocycles. The summed E-state index contributed by atoms with van der Waals surface area (Å²) in [5, 5.41) is 6.62. The van der Waals surface area contributed by atoms with Crippen LogP contribution < -0.4 is 0 Å². The van der Waals surface area contributed by atoms with Crippen molar-refractivity contribution in [3.63, 3.8) is 0 Å². The van der Waals surface area contributed by atoms with Gasteiger partial charge >= 0.3 is 0 Å². The zero-order chi connectivity index (χ0) is 33.2. The molecule has 0 saturated heterocycles. The Kier molecular flexibility index (Phi) is 5.17. The number of para-hydroxylation sites is 4. The molecule has 51 heavy (non-hydrogen) atoms. The van der Waals surface area contributed by atoms with Gasteiger partial charge in [0.2, 0.25) is 11.7 Å². The Morgan fingerprint density at radius 1 is 0.431 bits per heavy atom. The van der Waals surface area contributed by atoms with E-state index in [1.807, 2.05) is 24.3 Å². The predicted octanol–water partition coefficient (Wildman–Crippen LogP) is 11.9. The highest BCUT2D eigenvalue weighted by Gasteiger charge is 2.26. The third-order valence-electron chi connectivity index (χ3n) is 10.7.